The first-order valence-corrected chi connectivity index (χ1v) is 18.5. The smallest absolute Gasteiger partial charge is 0.312 e. The molecule has 0 aromatic heterocycles. The van der Waals surface area contributed by atoms with Crippen molar-refractivity contribution in [3.05, 3.63) is 58.0 Å². The van der Waals surface area contributed by atoms with E-state index >= 15 is 0 Å². The SMILES string of the molecule is C/C1=C/C=C/C(C)CCC(O)C[C@H](O)CC/C=C/OC2(C)Oc3c(C)c(O)c4c(O)c(c5c(c4c3C2=O)NC2(CCN(CC(C)C)CC2)N=5)=NC1=O. The lowest BCUT2D eigenvalue weighted by molar-refractivity contribution is -0.114. The third-order valence-electron chi connectivity index (χ3n) is 10.6. The number of ether oxygens (including phenoxy) is 2. The third kappa shape index (κ3) is 7.20. The molecular weight excluding hydrogens is 664 g/mol. The van der Waals surface area contributed by atoms with Crippen LogP contribution in [0.3, 0.4) is 0 Å². The number of nitrogens with zero attached hydrogens (tertiary/aromatic N) is 3. The Balaban J connectivity index is 1.53. The zero-order valence-electron chi connectivity index (χ0n) is 31.0. The first-order chi connectivity index (χ1) is 24.6. The van der Waals surface area contributed by atoms with Crippen molar-refractivity contribution in [1.29, 1.82) is 0 Å². The maximum Gasteiger partial charge on any atom is 0.312 e. The number of nitrogens with one attached hydrogen (secondary N) is 1. The van der Waals surface area contributed by atoms with Gasteiger partial charge in [-0.2, -0.15) is 0 Å². The fourth-order valence-electron chi connectivity index (χ4n) is 7.63. The first-order valence-electron chi connectivity index (χ1n) is 18.5. The van der Waals surface area contributed by atoms with Crippen molar-refractivity contribution in [3.63, 3.8) is 0 Å². The summed E-state index contributed by atoms with van der Waals surface area (Å²) in [5.74, 6) is -2.96. The van der Waals surface area contributed by atoms with Gasteiger partial charge in [-0.05, 0) is 63.9 Å². The Morgan fingerprint density at radius 2 is 1.73 bits per heavy atom. The van der Waals surface area contributed by atoms with E-state index in [-0.39, 0.29) is 56.5 Å². The van der Waals surface area contributed by atoms with Crippen LogP contribution in [0.25, 0.3) is 10.8 Å². The van der Waals surface area contributed by atoms with Crippen LogP contribution in [-0.2, 0) is 9.53 Å². The van der Waals surface area contributed by atoms with E-state index in [2.05, 4.69) is 29.1 Å². The zero-order chi connectivity index (χ0) is 37.5. The molecule has 280 valence electrons. The van der Waals surface area contributed by atoms with Crippen LogP contribution in [0.15, 0.2) is 46.1 Å². The van der Waals surface area contributed by atoms with E-state index in [9.17, 15) is 30.0 Å². The van der Waals surface area contributed by atoms with Gasteiger partial charge >= 0.3 is 5.79 Å². The topological polar surface area (TPSA) is 174 Å². The monoisotopic (exact) mass is 716 g/mol. The molecule has 1 amide bonds. The number of benzene rings is 2. The average molecular weight is 717 g/mol. The lowest BCUT2D eigenvalue weighted by atomic mass is 9.92. The number of phenols is 2. The number of hydrogen-bond acceptors (Lipinski definition) is 11. The van der Waals surface area contributed by atoms with Gasteiger partial charge in [-0.1, -0.05) is 39.0 Å². The van der Waals surface area contributed by atoms with Crippen molar-refractivity contribution in [2.75, 3.05) is 25.0 Å². The minimum atomic E-state index is -1.80. The standard InChI is InChI=1S/C40H52N4O8/c1-22(2)21-44-17-15-40(16-18-44)42-31-28-29-34(47)25(5)36-30(28)37(49)39(6,52-36)51-19-8-7-12-26(45)20-27(46)14-13-23(3)10-9-11-24(4)38(50)41-33(35(29)48)32(31)43-40/h8-11,19,22-23,26-27,42,45-48H,7,12-18,20-21H2,1-6H3/b10-9+,19-8+,24-11-,41-33?/t23?,26-,27?,39?/m1/s1. The van der Waals surface area contributed by atoms with Crippen LogP contribution in [0.4, 0.5) is 5.69 Å². The molecule has 0 radical (unpaired) electrons. The molecule has 12 nitrogen and oxygen atoms in total. The largest absolute Gasteiger partial charge is 0.507 e. The highest BCUT2D eigenvalue weighted by molar-refractivity contribution is 6.21. The number of phenolic OH excluding ortho intramolecular Hbond substituents is 2. The summed E-state index contributed by atoms with van der Waals surface area (Å²) in [7, 11) is 0. The third-order valence-corrected chi connectivity index (χ3v) is 10.6. The number of piperidine rings is 1. The lowest BCUT2D eigenvalue weighted by Crippen LogP contribution is -2.47. The summed E-state index contributed by atoms with van der Waals surface area (Å²) in [5.41, 5.74) is 0.260. The molecular formula is C40H52N4O8. The van der Waals surface area contributed by atoms with Gasteiger partial charge in [-0.25, -0.2) is 4.99 Å². The molecule has 0 aliphatic carbocycles. The Morgan fingerprint density at radius 3 is 2.44 bits per heavy atom. The zero-order valence-corrected chi connectivity index (χ0v) is 31.0. The molecule has 1 spiro atoms. The van der Waals surface area contributed by atoms with Crippen molar-refractivity contribution in [2.45, 2.75) is 110 Å². The highest BCUT2D eigenvalue weighted by atomic mass is 16.7. The molecule has 5 heterocycles. The van der Waals surface area contributed by atoms with Crippen LogP contribution in [0.1, 0.15) is 95.5 Å². The number of hydrogen-bond donors (Lipinski definition) is 5. The summed E-state index contributed by atoms with van der Waals surface area (Å²) in [5, 5.41) is 48.6. The van der Waals surface area contributed by atoms with E-state index in [0.717, 1.165) is 19.6 Å². The second-order valence-corrected chi connectivity index (χ2v) is 15.5. The maximum atomic E-state index is 14.4. The number of aliphatic hydroxyl groups is 2. The molecule has 2 aromatic rings. The molecule has 12 heteroatoms. The van der Waals surface area contributed by atoms with Crippen LogP contribution in [-0.4, -0.2) is 80.3 Å². The van der Waals surface area contributed by atoms with Gasteiger partial charge in [0.25, 0.3) is 11.7 Å². The first kappa shape index (κ1) is 37.5. The number of aromatic hydroxyl groups is 2. The number of amides is 1. The molecule has 1 saturated heterocycles. The van der Waals surface area contributed by atoms with E-state index < -0.39 is 41.1 Å². The summed E-state index contributed by atoms with van der Waals surface area (Å²) in [6.45, 7) is 13.6. The van der Waals surface area contributed by atoms with Gasteiger partial charge in [-0.3, -0.25) is 14.6 Å². The van der Waals surface area contributed by atoms with E-state index in [1.165, 1.54) is 13.2 Å². The van der Waals surface area contributed by atoms with E-state index in [4.69, 9.17) is 14.5 Å². The summed E-state index contributed by atoms with van der Waals surface area (Å²) in [4.78, 5) is 39.9. The van der Waals surface area contributed by atoms with Gasteiger partial charge < -0.3 is 40.1 Å². The maximum absolute atomic E-state index is 14.4. The van der Waals surface area contributed by atoms with Crippen LogP contribution in [0.2, 0.25) is 0 Å². The van der Waals surface area contributed by atoms with E-state index in [1.54, 1.807) is 32.1 Å². The van der Waals surface area contributed by atoms with Crippen LogP contribution in [0, 0.1) is 18.8 Å². The molecule has 0 saturated carbocycles. The Hall–Kier alpha value is -4.26. The number of carbonyl (C=O) groups excluding carboxylic acids is 2. The van der Waals surface area contributed by atoms with Crippen LogP contribution >= 0.6 is 0 Å². The Morgan fingerprint density at radius 1 is 1.02 bits per heavy atom. The number of fused-ring (bicyclic) bond motifs is 13. The van der Waals surface area contributed by atoms with Crippen molar-refractivity contribution in [2.24, 2.45) is 21.8 Å². The number of ketones is 1. The predicted molar refractivity (Wildman–Crippen MR) is 197 cm³/mol. The summed E-state index contributed by atoms with van der Waals surface area (Å²) >= 11 is 0. The minimum absolute atomic E-state index is 0.0312. The number of anilines is 1. The molecule has 7 rings (SSSR count). The van der Waals surface area contributed by atoms with Crippen molar-refractivity contribution in [1.82, 2.24) is 4.90 Å². The highest BCUT2D eigenvalue weighted by Crippen LogP contribution is 2.51. The van der Waals surface area contributed by atoms with Gasteiger partial charge in [0.1, 0.15) is 27.9 Å². The molecule has 4 atom stereocenters. The Labute approximate surface area is 304 Å². The second-order valence-electron chi connectivity index (χ2n) is 15.5. The van der Waals surface area contributed by atoms with Gasteiger partial charge in [0, 0.05) is 55.9 Å². The predicted octanol–water partition coefficient (Wildman–Crippen LogP) is 4.84. The molecule has 3 unspecified atom stereocenters. The van der Waals surface area contributed by atoms with Crippen molar-refractivity contribution < 1.29 is 39.5 Å². The molecule has 5 N–H and O–H groups in total. The molecule has 52 heavy (non-hydrogen) atoms. The Bertz CT molecular complexity index is 1980. The van der Waals surface area contributed by atoms with Gasteiger partial charge in [0.05, 0.1) is 35.1 Å². The summed E-state index contributed by atoms with van der Waals surface area (Å²) in [6.07, 6.45) is 10.6. The van der Waals surface area contributed by atoms with Crippen LogP contribution < -0.4 is 20.8 Å². The molecule has 5 aliphatic rings. The average Bonchev–Trinajstić information content (AvgIpc) is 3.58. The molecule has 5 aliphatic heterocycles. The highest BCUT2D eigenvalue weighted by Gasteiger charge is 2.50. The number of aliphatic hydroxyl groups excluding tert-OH is 2. The lowest BCUT2D eigenvalue weighted by Gasteiger charge is -2.38. The van der Waals surface area contributed by atoms with Crippen molar-refractivity contribution >= 4 is 28.2 Å². The summed E-state index contributed by atoms with van der Waals surface area (Å²) in [6, 6.07) is 0. The Kier molecular flexibility index (Phi) is 10.6. The quantitative estimate of drug-likeness (QED) is 0.271. The van der Waals surface area contributed by atoms with Gasteiger partial charge in [-0.15, -0.1) is 0 Å². The number of carbonyl (C=O) groups is 2. The molecule has 2 aromatic carbocycles. The van der Waals surface area contributed by atoms with E-state index in [0.29, 0.717) is 55.7 Å². The number of Topliss-reactive ketones (excluding diaryl/α,β-unsaturated/α-hetero) is 1. The minimum Gasteiger partial charge on any atom is -0.507 e. The number of likely N-dealkylation sites (tertiary alicyclic amines) is 1. The van der Waals surface area contributed by atoms with Crippen molar-refractivity contribution in [3.8, 4) is 17.2 Å². The van der Waals surface area contributed by atoms with Crippen LogP contribution in [0.5, 0.6) is 17.2 Å². The normalized spacial score (nSPS) is 29.2. The fourth-order valence-corrected chi connectivity index (χ4v) is 7.63. The van der Waals surface area contributed by atoms with Gasteiger partial charge in [0.15, 0.2) is 5.75 Å². The fraction of sp³-hybridized carbons (Fsp3) is 0.550. The second kappa shape index (κ2) is 14.6. The van der Waals surface area contributed by atoms with Gasteiger partial charge in [0.2, 0.25) is 0 Å². The van der Waals surface area contributed by atoms with E-state index in [1.807, 2.05) is 13.0 Å². The molecule has 5 bridgehead atoms. The molecule has 1 fully saturated rings. The number of rotatable bonds is 2. The number of allylic oxidation sites excluding steroid dienone is 4. The summed E-state index contributed by atoms with van der Waals surface area (Å²) < 4.78 is 12.1.